The Morgan fingerprint density at radius 2 is 1.73 bits per heavy atom. The zero-order chi connectivity index (χ0) is 18.7. The van der Waals surface area contributed by atoms with Crippen LogP contribution in [0.15, 0.2) is 48.5 Å². The summed E-state index contributed by atoms with van der Waals surface area (Å²) in [5.41, 5.74) is 0.791. The fraction of sp³-hybridized carbons (Fsp3) is 0.167. The van der Waals surface area contributed by atoms with Crippen LogP contribution in [0.5, 0.6) is 0 Å². The number of benzene rings is 2. The van der Waals surface area contributed by atoms with Crippen LogP contribution in [0.3, 0.4) is 0 Å². The Morgan fingerprint density at radius 3 is 2.42 bits per heavy atom. The second-order valence-corrected chi connectivity index (χ2v) is 5.77. The predicted octanol–water partition coefficient (Wildman–Crippen LogP) is 1.55. The van der Waals surface area contributed by atoms with Crippen molar-refractivity contribution in [2.75, 3.05) is 13.1 Å². The van der Waals surface area contributed by atoms with E-state index in [2.05, 4.69) is 5.32 Å². The largest absolute Gasteiger partial charge is 0.354 e. The Bertz CT molecular complexity index is 895. The normalized spacial score (nSPS) is 12.8. The topological polar surface area (TPSA) is 110 Å². The number of amides is 3. The van der Waals surface area contributed by atoms with Gasteiger partial charge in [-0.25, -0.2) is 0 Å². The molecule has 0 saturated heterocycles. The Labute approximate surface area is 148 Å². The maximum absolute atomic E-state index is 12.3. The van der Waals surface area contributed by atoms with E-state index in [4.69, 9.17) is 0 Å². The minimum absolute atomic E-state index is 0.0544. The average Bonchev–Trinajstić information content (AvgIpc) is 2.87. The zero-order valence-electron chi connectivity index (χ0n) is 13.7. The summed E-state index contributed by atoms with van der Waals surface area (Å²) >= 11 is 0. The van der Waals surface area contributed by atoms with Gasteiger partial charge in [-0.2, -0.15) is 0 Å². The summed E-state index contributed by atoms with van der Waals surface area (Å²) < 4.78 is 0. The molecule has 1 aliphatic rings. The van der Waals surface area contributed by atoms with Crippen molar-refractivity contribution in [2.45, 2.75) is 6.42 Å². The molecule has 3 amide bonds. The van der Waals surface area contributed by atoms with Crippen molar-refractivity contribution in [3.05, 3.63) is 75.3 Å². The number of hydrogen-bond acceptors (Lipinski definition) is 5. The highest BCUT2D eigenvalue weighted by atomic mass is 16.6. The summed E-state index contributed by atoms with van der Waals surface area (Å²) in [5, 5.41) is 13.5. The van der Waals surface area contributed by atoms with Crippen LogP contribution in [0.1, 0.15) is 26.3 Å². The molecule has 132 valence electrons. The molecule has 0 aliphatic carbocycles. The summed E-state index contributed by atoms with van der Waals surface area (Å²) in [5.74, 6) is -1.80. The van der Waals surface area contributed by atoms with Crippen LogP contribution in [0.25, 0.3) is 0 Å². The van der Waals surface area contributed by atoms with E-state index in [9.17, 15) is 24.5 Å². The van der Waals surface area contributed by atoms with Gasteiger partial charge in [-0.05, 0) is 18.1 Å². The van der Waals surface area contributed by atoms with Crippen LogP contribution in [-0.4, -0.2) is 40.6 Å². The quantitative estimate of drug-likeness (QED) is 0.481. The third-order valence-electron chi connectivity index (χ3n) is 4.05. The number of nitrogens with one attached hydrogen (secondary N) is 1. The lowest BCUT2D eigenvalue weighted by molar-refractivity contribution is -0.384. The van der Waals surface area contributed by atoms with E-state index in [1.807, 2.05) is 30.3 Å². The van der Waals surface area contributed by atoms with Gasteiger partial charge in [0, 0.05) is 18.7 Å². The Balaban J connectivity index is 1.61. The molecule has 2 aromatic rings. The van der Waals surface area contributed by atoms with Gasteiger partial charge in [0.2, 0.25) is 5.91 Å². The molecular formula is C18H15N3O5. The number of carbonyl (C=O) groups excluding carboxylic acids is 3. The lowest BCUT2D eigenvalue weighted by Crippen LogP contribution is -2.40. The lowest BCUT2D eigenvalue weighted by Gasteiger charge is -2.13. The molecule has 0 aromatic heterocycles. The van der Waals surface area contributed by atoms with Crippen LogP contribution in [-0.2, 0) is 11.2 Å². The number of fused-ring (bicyclic) bond motifs is 1. The highest BCUT2D eigenvalue weighted by Gasteiger charge is 2.37. The number of nitro groups is 1. The predicted molar refractivity (Wildman–Crippen MR) is 91.6 cm³/mol. The highest BCUT2D eigenvalue weighted by Crippen LogP contribution is 2.26. The van der Waals surface area contributed by atoms with Crippen LogP contribution < -0.4 is 5.32 Å². The molecule has 0 fully saturated rings. The fourth-order valence-corrected chi connectivity index (χ4v) is 2.73. The van der Waals surface area contributed by atoms with Gasteiger partial charge in [-0.1, -0.05) is 30.3 Å². The van der Waals surface area contributed by atoms with E-state index in [-0.39, 0.29) is 16.8 Å². The monoisotopic (exact) mass is 353 g/mol. The van der Waals surface area contributed by atoms with Crippen molar-refractivity contribution in [1.29, 1.82) is 0 Å². The number of carbonyl (C=O) groups is 3. The van der Waals surface area contributed by atoms with Crippen LogP contribution in [0, 0.1) is 10.1 Å². The summed E-state index contributed by atoms with van der Waals surface area (Å²) in [6.07, 6.45) is 0.626. The molecule has 1 heterocycles. The maximum atomic E-state index is 12.3. The molecule has 2 aromatic carbocycles. The van der Waals surface area contributed by atoms with E-state index in [0.717, 1.165) is 22.6 Å². The molecule has 26 heavy (non-hydrogen) atoms. The first kappa shape index (κ1) is 17.3. The van der Waals surface area contributed by atoms with Crippen molar-refractivity contribution < 1.29 is 19.3 Å². The van der Waals surface area contributed by atoms with Gasteiger partial charge >= 0.3 is 0 Å². The van der Waals surface area contributed by atoms with Gasteiger partial charge in [0.15, 0.2) is 0 Å². The number of nitrogens with zero attached hydrogens (tertiary/aromatic N) is 2. The van der Waals surface area contributed by atoms with E-state index >= 15 is 0 Å². The van der Waals surface area contributed by atoms with Gasteiger partial charge in [0.25, 0.3) is 17.5 Å². The highest BCUT2D eigenvalue weighted by molar-refractivity contribution is 6.22. The number of rotatable bonds is 6. The van der Waals surface area contributed by atoms with Crippen LogP contribution in [0.4, 0.5) is 5.69 Å². The van der Waals surface area contributed by atoms with Crippen LogP contribution >= 0.6 is 0 Å². The summed E-state index contributed by atoms with van der Waals surface area (Å²) in [7, 11) is 0. The third-order valence-corrected chi connectivity index (χ3v) is 4.05. The summed E-state index contributed by atoms with van der Waals surface area (Å²) in [6, 6.07) is 13.0. The molecule has 0 unspecified atom stereocenters. The van der Waals surface area contributed by atoms with Gasteiger partial charge in [-0.3, -0.25) is 29.4 Å². The molecule has 0 saturated carbocycles. The second kappa shape index (κ2) is 7.14. The van der Waals surface area contributed by atoms with E-state index < -0.39 is 29.2 Å². The molecule has 0 atom stereocenters. The number of hydrogen-bond donors (Lipinski definition) is 1. The Hall–Kier alpha value is -3.55. The maximum Gasteiger partial charge on any atom is 0.270 e. The molecule has 0 bridgehead atoms. The molecule has 0 radical (unpaired) electrons. The van der Waals surface area contributed by atoms with E-state index in [1.54, 1.807) is 0 Å². The Morgan fingerprint density at radius 1 is 1.04 bits per heavy atom. The average molecular weight is 353 g/mol. The van der Waals surface area contributed by atoms with Gasteiger partial charge in [0.05, 0.1) is 16.1 Å². The number of non-ortho nitro benzene ring substituents is 1. The molecular weight excluding hydrogens is 338 g/mol. The molecule has 1 aliphatic heterocycles. The summed E-state index contributed by atoms with van der Waals surface area (Å²) in [6.45, 7) is -0.0492. The van der Waals surface area contributed by atoms with Crippen molar-refractivity contribution in [3.63, 3.8) is 0 Å². The number of nitro benzene ring substituents is 1. The van der Waals surface area contributed by atoms with Crippen molar-refractivity contribution in [3.8, 4) is 0 Å². The minimum Gasteiger partial charge on any atom is -0.354 e. The van der Waals surface area contributed by atoms with Crippen LogP contribution in [0.2, 0.25) is 0 Å². The molecule has 0 spiro atoms. The van der Waals surface area contributed by atoms with Crippen molar-refractivity contribution >= 4 is 23.4 Å². The second-order valence-electron chi connectivity index (χ2n) is 5.77. The molecule has 8 nitrogen and oxygen atoms in total. The van der Waals surface area contributed by atoms with E-state index in [0.29, 0.717) is 13.0 Å². The molecule has 1 N–H and O–H groups in total. The first-order chi connectivity index (χ1) is 12.5. The van der Waals surface area contributed by atoms with Gasteiger partial charge in [-0.15, -0.1) is 0 Å². The Kier molecular flexibility index (Phi) is 4.74. The fourth-order valence-electron chi connectivity index (χ4n) is 2.73. The molecule has 3 rings (SSSR count). The third kappa shape index (κ3) is 3.44. The van der Waals surface area contributed by atoms with Crippen molar-refractivity contribution in [1.82, 2.24) is 10.2 Å². The van der Waals surface area contributed by atoms with Gasteiger partial charge < -0.3 is 5.32 Å². The minimum atomic E-state index is -0.702. The van der Waals surface area contributed by atoms with Gasteiger partial charge in [0.1, 0.15) is 6.54 Å². The lowest BCUT2D eigenvalue weighted by atomic mass is 10.1. The summed E-state index contributed by atoms with van der Waals surface area (Å²) in [4.78, 5) is 47.6. The SMILES string of the molecule is O=C(CN1C(=O)c2ccc([N+](=O)[O-])cc2C1=O)NCCc1ccccc1. The van der Waals surface area contributed by atoms with Crippen molar-refractivity contribution in [2.24, 2.45) is 0 Å². The van der Waals surface area contributed by atoms with E-state index in [1.165, 1.54) is 6.07 Å². The first-order valence-corrected chi connectivity index (χ1v) is 7.92. The zero-order valence-corrected chi connectivity index (χ0v) is 13.7. The molecule has 8 heteroatoms. The first-order valence-electron chi connectivity index (χ1n) is 7.92. The number of imide groups is 1. The smallest absolute Gasteiger partial charge is 0.270 e. The standard InChI is InChI=1S/C18H15N3O5/c22-16(19-9-8-12-4-2-1-3-5-12)11-20-17(23)14-7-6-13(21(25)26)10-15(14)18(20)24/h1-7,10H,8-9,11H2,(H,19,22).